The standard InChI is InChI=1S/C14H29NO3S/c1-6-7-9-15-10-8-14(3,13(17)18-4)12(19-5)11(2)16/h11-12,15-16H,6-10H2,1-5H3/t11-,12?,14?/m1/s1. The maximum Gasteiger partial charge on any atom is 0.312 e. The molecule has 0 saturated heterocycles. The van der Waals surface area contributed by atoms with Crippen molar-refractivity contribution in [2.45, 2.75) is 51.4 Å². The lowest BCUT2D eigenvalue weighted by atomic mass is 9.80. The number of hydrogen-bond acceptors (Lipinski definition) is 5. The molecule has 0 saturated carbocycles. The number of unbranched alkanes of at least 4 members (excludes halogenated alkanes) is 1. The fraction of sp³-hybridized carbons (Fsp3) is 0.929. The summed E-state index contributed by atoms with van der Waals surface area (Å²) < 4.78 is 4.94. The fourth-order valence-corrected chi connectivity index (χ4v) is 3.49. The first-order valence-corrected chi connectivity index (χ1v) is 8.22. The SMILES string of the molecule is CCCCNCCC(C)(C(=O)OC)C(SC)[C@@H](C)O. The van der Waals surface area contributed by atoms with Crippen LogP contribution in [0.2, 0.25) is 0 Å². The minimum atomic E-state index is -0.665. The van der Waals surface area contributed by atoms with Gasteiger partial charge in [0.15, 0.2) is 0 Å². The third-order valence-corrected chi connectivity index (χ3v) is 4.92. The van der Waals surface area contributed by atoms with Gasteiger partial charge in [0.2, 0.25) is 0 Å². The second-order valence-corrected chi connectivity index (χ2v) is 6.14. The summed E-state index contributed by atoms with van der Waals surface area (Å²) in [5.74, 6) is -0.245. The smallest absolute Gasteiger partial charge is 0.312 e. The Balaban J connectivity index is 4.64. The number of aliphatic hydroxyl groups is 1. The first-order chi connectivity index (χ1) is 8.93. The number of carbonyl (C=O) groups excluding carboxylic acids is 1. The summed E-state index contributed by atoms with van der Waals surface area (Å²) in [5.41, 5.74) is -0.665. The molecule has 2 unspecified atom stereocenters. The van der Waals surface area contributed by atoms with Crippen LogP contribution in [0.25, 0.3) is 0 Å². The number of methoxy groups -OCH3 is 1. The maximum atomic E-state index is 12.1. The van der Waals surface area contributed by atoms with E-state index in [-0.39, 0.29) is 11.2 Å². The molecule has 19 heavy (non-hydrogen) atoms. The van der Waals surface area contributed by atoms with Crippen molar-refractivity contribution in [3.05, 3.63) is 0 Å². The molecule has 3 atom stereocenters. The predicted molar refractivity (Wildman–Crippen MR) is 81.5 cm³/mol. The second kappa shape index (κ2) is 9.61. The van der Waals surface area contributed by atoms with E-state index in [1.54, 1.807) is 6.92 Å². The molecule has 0 heterocycles. The van der Waals surface area contributed by atoms with Crippen LogP contribution in [0, 0.1) is 5.41 Å². The summed E-state index contributed by atoms with van der Waals surface area (Å²) in [5, 5.41) is 13.1. The third-order valence-electron chi connectivity index (χ3n) is 3.50. The summed E-state index contributed by atoms with van der Waals surface area (Å²) >= 11 is 1.52. The number of esters is 1. The zero-order chi connectivity index (χ0) is 14.9. The van der Waals surface area contributed by atoms with Gasteiger partial charge in [0.05, 0.1) is 18.6 Å². The van der Waals surface area contributed by atoms with Crippen LogP contribution in [-0.2, 0) is 9.53 Å². The zero-order valence-corrected chi connectivity index (χ0v) is 13.7. The highest BCUT2D eigenvalue weighted by atomic mass is 32.2. The van der Waals surface area contributed by atoms with Crippen molar-refractivity contribution >= 4 is 17.7 Å². The highest BCUT2D eigenvalue weighted by Gasteiger charge is 2.43. The summed E-state index contributed by atoms with van der Waals surface area (Å²) in [4.78, 5) is 12.1. The van der Waals surface area contributed by atoms with Gasteiger partial charge in [-0.2, -0.15) is 11.8 Å². The number of thioether (sulfide) groups is 1. The van der Waals surface area contributed by atoms with Crippen LogP contribution in [-0.4, -0.2) is 48.9 Å². The van der Waals surface area contributed by atoms with Crippen LogP contribution in [0.1, 0.15) is 40.0 Å². The van der Waals surface area contributed by atoms with Gasteiger partial charge in [-0.15, -0.1) is 0 Å². The first kappa shape index (κ1) is 18.7. The quantitative estimate of drug-likeness (QED) is 0.476. The molecule has 114 valence electrons. The third kappa shape index (κ3) is 5.71. The molecular weight excluding hydrogens is 262 g/mol. The van der Waals surface area contributed by atoms with Gasteiger partial charge in [0.25, 0.3) is 0 Å². The highest BCUT2D eigenvalue weighted by Crippen LogP contribution is 2.36. The van der Waals surface area contributed by atoms with Crippen molar-refractivity contribution < 1.29 is 14.6 Å². The number of rotatable bonds is 10. The number of nitrogens with one attached hydrogen (secondary N) is 1. The lowest BCUT2D eigenvalue weighted by Gasteiger charge is -2.36. The lowest BCUT2D eigenvalue weighted by molar-refractivity contribution is -0.153. The van der Waals surface area contributed by atoms with Gasteiger partial charge in [-0.25, -0.2) is 0 Å². The number of aliphatic hydroxyl groups excluding tert-OH is 1. The van der Waals surface area contributed by atoms with E-state index < -0.39 is 11.5 Å². The molecule has 2 N–H and O–H groups in total. The van der Waals surface area contributed by atoms with Crippen molar-refractivity contribution in [3.63, 3.8) is 0 Å². The number of carbonyl (C=O) groups is 1. The first-order valence-electron chi connectivity index (χ1n) is 6.94. The molecule has 5 heteroatoms. The highest BCUT2D eigenvalue weighted by molar-refractivity contribution is 7.99. The Morgan fingerprint density at radius 3 is 2.53 bits per heavy atom. The van der Waals surface area contributed by atoms with Crippen molar-refractivity contribution in [2.75, 3.05) is 26.5 Å². The van der Waals surface area contributed by atoms with Crippen LogP contribution in [0.15, 0.2) is 0 Å². The zero-order valence-electron chi connectivity index (χ0n) is 12.9. The summed E-state index contributed by atoms with van der Waals surface area (Å²) in [6.45, 7) is 7.49. The van der Waals surface area contributed by atoms with Crippen LogP contribution in [0.4, 0.5) is 0 Å². The normalized spacial score (nSPS) is 17.6. The molecule has 0 aromatic heterocycles. The minimum Gasteiger partial charge on any atom is -0.469 e. The Morgan fingerprint density at radius 1 is 1.47 bits per heavy atom. The number of hydrogen-bond donors (Lipinski definition) is 2. The molecule has 0 amide bonds. The van der Waals surface area contributed by atoms with E-state index in [0.29, 0.717) is 6.42 Å². The van der Waals surface area contributed by atoms with Crippen molar-refractivity contribution in [3.8, 4) is 0 Å². The Labute approximate surface area is 121 Å². The Kier molecular flexibility index (Phi) is 9.48. The van der Waals surface area contributed by atoms with E-state index in [9.17, 15) is 9.90 Å². The van der Waals surface area contributed by atoms with Crippen molar-refractivity contribution in [1.82, 2.24) is 5.32 Å². The van der Waals surface area contributed by atoms with E-state index in [1.807, 2.05) is 13.2 Å². The van der Waals surface area contributed by atoms with Crippen LogP contribution in [0.5, 0.6) is 0 Å². The maximum absolute atomic E-state index is 12.1. The molecule has 0 rings (SSSR count). The van der Waals surface area contributed by atoms with Gasteiger partial charge in [-0.3, -0.25) is 4.79 Å². The van der Waals surface area contributed by atoms with Gasteiger partial charge in [0.1, 0.15) is 0 Å². The minimum absolute atomic E-state index is 0.159. The molecule has 0 aliphatic rings. The second-order valence-electron chi connectivity index (χ2n) is 5.16. The Hall–Kier alpha value is -0.260. The topological polar surface area (TPSA) is 58.6 Å². The van der Waals surface area contributed by atoms with Crippen LogP contribution < -0.4 is 5.32 Å². The van der Waals surface area contributed by atoms with E-state index in [0.717, 1.165) is 25.9 Å². The van der Waals surface area contributed by atoms with Crippen LogP contribution >= 0.6 is 11.8 Å². The monoisotopic (exact) mass is 291 g/mol. The molecule has 0 aliphatic heterocycles. The molecule has 0 radical (unpaired) electrons. The van der Waals surface area contributed by atoms with Gasteiger partial charge < -0.3 is 15.2 Å². The van der Waals surface area contributed by atoms with E-state index >= 15 is 0 Å². The number of ether oxygens (including phenoxy) is 1. The lowest BCUT2D eigenvalue weighted by Crippen LogP contribution is -2.46. The average Bonchev–Trinajstić information content (AvgIpc) is 2.37. The van der Waals surface area contributed by atoms with E-state index in [2.05, 4.69) is 12.2 Å². The average molecular weight is 291 g/mol. The van der Waals surface area contributed by atoms with Crippen LogP contribution in [0.3, 0.4) is 0 Å². The molecule has 0 aromatic rings. The molecular formula is C14H29NO3S. The predicted octanol–water partition coefficient (Wildman–Crippen LogP) is 2.06. The van der Waals surface area contributed by atoms with Gasteiger partial charge in [-0.1, -0.05) is 13.3 Å². The molecule has 0 aromatic carbocycles. The summed E-state index contributed by atoms with van der Waals surface area (Å²) in [7, 11) is 1.41. The summed E-state index contributed by atoms with van der Waals surface area (Å²) in [6.07, 6.45) is 4.33. The molecule has 0 fully saturated rings. The van der Waals surface area contributed by atoms with E-state index in [1.165, 1.54) is 18.9 Å². The largest absolute Gasteiger partial charge is 0.469 e. The Bertz CT molecular complexity index is 261. The summed E-state index contributed by atoms with van der Waals surface area (Å²) in [6, 6.07) is 0. The molecule has 0 spiro atoms. The molecule has 4 nitrogen and oxygen atoms in total. The Morgan fingerprint density at radius 2 is 2.11 bits per heavy atom. The van der Waals surface area contributed by atoms with Crippen molar-refractivity contribution in [1.29, 1.82) is 0 Å². The van der Waals surface area contributed by atoms with Gasteiger partial charge >= 0.3 is 5.97 Å². The van der Waals surface area contributed by atoms with Gasteiger partial charge in [-0.05, 0) is 46.0 Å². The van der Waals surface area contributed by atoms with Gasteiger partial charge in [0, 0.05) is 5.25 Å². The van der Waals surface area contributed by atoms with E-state index in [4.69, 9.17) is 4.74 Å². The fourth-order valence-electron chi connectivity index (χ4n) is 2.36. The van der Waals surface area contributed by atoms with Crippen molar-refractivity contribution in [2.24, 2.45) is 5.41 Å². The molecule has 0 aliphatic carbocycles. The molecule has 0 bridgehead atoms.